The molecule has 0 bridgehead atoms. The molecule has 10 heteroatoms. The van der Waals surface area contributed by atoms with Crippen LogP contribution in [0.1, 0.15) is 23.2 Å². The summed E-state index contributed by atoms with van der Waals surface area (Å²) in [6, 6.07) is 8.59. The third kappa shape index (κ3) is 4.77. The SMILES string of the molecule is COc1cc(NC(=O)CN2C(=O)CSc3ccc(C(=O)N4CCCC4)cc32)cc(OC)c1OC. The Balaban J connectivity index is 1.55. The van der Waals surface area contributed by atoms with Gasteiger partial charge in [0.2, 0.25) is 17.6 Å². The van der Waals surface area contributed by atoms with E-state index in [4.69, 9.17) is 14.2 Å². The summed E-state index contributed by atoms with van der Waals surface area (Å²) in [6.07, 6.45) is 2.00. The average molecular weight is 486 g/mol. The molecule has 2 aromatic carbocycles. The molecule has 0 saturated carbocycles. The molecular weight excluding hydrogens is 458 g/mol. The summed E-state index contributed by atoms with van der Waals surface area (Å²) >= 11 is 1.40. The quantitative estimate of drug-likeness (QED) is 0.644. The molecule has 0 atom stereocenters. The number of likely N-dealkylation sites (tertiary alicyclic amines) is 1. The van der Waals surface area contributed by atoms with Gasteiger partial charge in [0.1, 0.15) is 6.54 Å². The Morgan fingerprint density at radius 1 is 1.00 bits per heavy atom. The summed E-state index contributed by atoms with van der Waals surface area (Å²) in [4.78, 5) is 42.6. The fourth-order valence-corrected chi connectivity index (χ4v) is 5.02. The largest absolute Gasteiger partial charge is 0.493 e. The highest BCUT2D eigenvalue weighted by Crippen LogP contribution is 2.40. The van der Waals surface area contributed by atoms with Crippen molar-refractivity contribution in [3.63, 3.8) is 0 Å². The number of nitrogens with one attached hydrogen (secondary N) is 1. The van der Waals surface area contributed by atoms with Crippen molar-refractivity contribution in [1.29, 1.82) is 0 Å². The molecule has 0 radical (unpaired) electrons. The number of hydrogen-bond donors (Lipinski definition) is 1. The van der Waals surface area contributed by atoms with Crippen LogP contribution in [0.15, 0.2) is 35.2 Å². The van der Waals surface area contributed by atoms with Gasteiger partial charge in [0.05, 0.1) is 32.8 Å². The molecule has 1 fully saturated rings. The van der Waals surface area contributed by atoms with Crippen LogP contribution in [0.2, 0.25) is 0 Å². The maximum atomic E-state index is 12.9. The summed E-state index contributed by atoms with van der Waals surface area (Å²) in [5.41, 5.74) is 1.54. The Morgan fingerprint density at radius 2 is 1.68 bits per heavy atom. The van der Waals surface area contributed by atoms with Crippen LogP contribution in [0, 0.1) is 0 Å². The van der Waals surface area contributed by atoms with Crippen molar-refractivity contribution < 1.29 is 28.6 Å². The molecule has 2 aromatic rings. The number of methoxy groups -OCH3 is 3. The maximum absolute atomic E-state index is 12.9. The Hall–Kier alpha value is -3.40. The molecule has 34 heavy (non-hydrogen) atoms. The number of thioether (sulfide) groups is 1. The Kier molecular flexibility index (Phi) is 7.16. The molecule has 3 amide bonds. The number of rotatable bonds is 7. The first-order valence-electron chi connectivity index (χ1n) is 10.9. The first kappa shape index (κ1) is 23.7. The summed E-state index contributed by atoms with van der Waals surface area (Å²) in [5, 5.41) is 2.79. The summed E-state index contributed by atoms with van der Waals surface area (Å²) in [7, 11) is 4.48. The lowest BCUT2D eigenvalue weighted by Gasteiger charge is -2.29. The number of carbonyl (C=O) groups excluding carboxylic acids is 3. The van der Waals surface area contributed by atoms with Gasteiger partial charge in [0.15, 0.2) is 11.5 Å². The molecular formula is C24H27N3O6S. The van der Waals surface area contributed by atoms with Gasteiger partial charge in [-0.1, -0.05) is 0 Å². The van der Waals surface area contributed by atoms with Gasteiger partial charge in [0, 0.05) is 41.4 Å². The fourth-order valence-electron chi connectivity index (χ4n) is 4.11. The lowest BCUT2D eigenvalue weighted by Crippen LogP contribution is -2.41. The van der Waals surface area contributed by atoms with E-state index in [0.717, 1.165) is 30.8 Å². The monoisotopic (exact) mass is 485 g/mol. The van der Waals surface area contributed by atoms with Gasteiger partial charge < -0.3 is 29.3 Å². The average Bonchev–Trinajstić information content (AvgIpc) is 3.39. The number of benzene rings is 2. The van der Waals surface area contributed by atoms with Crippen LogP contribution >= 0.6 is 11.8 Å². The van der Waals surface area contributed by atoms with Crippen molar-refractivity contribution in [1.82, 2.24) is 4.90 Å². The van der Waals surface area contributed by atoms with E-state index in [-0.39, 0.29) is 24.1 Å². The van der Waals surface area contributed by atoms with Crippen molar-refractivity contribution in [2.45, 2.75) is 17.7 Å². The highest BCUT2D eigenvalue weighted by atomic mass is 32.2. The van der Waals surface area contributed by atoms with Crippen molar-refractivity contribution in [2.75, 3.05) is 56.9 Å². The molecule has 9 nitrogen and oxygen atoms in total. The van der Waals surface area contributed by atoms with Gasteiger partial charge >= 0.3 is 0 Å². The van der Waals surface area contributed by atoms with Crippen LogP contribution in [-0.2, 0) is 9.59 Å². The summed E-state index contributed by atoms with van der Waals surface area (Å²) in [6.45, 7) is 1.29. The molecule has 0 spiro atoms. The Bertz CT molecular complexity index is 1090. The second kappa shape index (κ2) is 10.3. The standard InChI is InChI=1S/C24H27N3O6S/c1-31-18-11-16(12-19(32-2)23(18)33-3)25-21(28)13-27-17-10-15(24(30)26-8-4-5-9-26)6-7-20(17)34-14-22(27)29/h6-7,10-12H,4-5,8-9,13-14H2,1-3H3,(H,25,28). The predicted octanol–water partition coefficient (Wildman–Crippen LogP) is 3.03. The molecule has 1 N–H and O–H groups in total. The Labute approximate surface area is 202 Å². The van der Waals surface area contributed by atoms with E-state index in [0.29, 0.717) is 34.2 Å². The molecule has 0 aromatic heterocycles. The zero-order chi connectivity index (χ0) is 24.2. The molecule has 0 unspecified atom stereocenters. The van der Waals surface area contributed by atoms with E-state index < -0.39 is 5.91 Å². The van der Waals surface area contributed by atoms with E-state index in [1.165, 1.54) is 38.0 Å². The Morgan fingerprint density at radius 3 is 2.29 bits per heavy atom. The van der Waals surface area contributed by atoms with Crippen molar-refractivity contribution in [3.8, 4) is 17.2 Å². The zero-order valence-electron chi connectivity index (χ0n) is 19.4. The molecule has 0 aliphatic carbocycles. The number of fused-ring (bicyclic) bond motifs is 1. The first-order valence-corrected chi connectivity index (χ1v) is 11.9. The maximum Gasteiger partial charge on any atom is 0.253 e. The van der Waals surface area contributed by atoms with E-state index >= 15 is 0 Å². The summed E-state index contributed by atoms with van der Waals surface area (Å²) < 4.78 is 16.0. The normalized spacial score (nSPS) is 15.1. The second-order valence-electron chi connectivity index (χ2n) is 7.91. The molecule has 2 aliphatic rings. The van der Waals surface area contributed by atoms with Gasteiger partial charge in [-0.3, -0.25) is 14.4 Å². The fraction of sp³-hybridized carbons (Fsp3) is 0.375. The van der Waals surface area contributed by atoms with Gasteiger partial charge in [0.25, 0.3) is 5.91 Å². The smallest absolute Gasteiger partial charge is 0.253 e. The van der Waals surface area contributed by atoms with Crippen LogP contribution in [0.25, 0.3) is 0 Å². The molecule has 1 saturated heterocycles. The highest BCUT2D eigenvalue weighted by Gasteiger charge is 2.29. The topological polar surface area (TPSA) is 97.4 Å². The lowest BCUT2D eigenvalue weighted by atomic mass is 10.1. The van der Waals surface area contributed by atoms with Gasteiger partial charge in [-0.15, -0.1) is 11.8 Å². The second-order valence-corrected chi connectivity index (χ2v) is 8.93. The molecule has 2 heterocycles. The number of carbonyl (C=O) groups is 3. The molecule has 4 rings (SSSR count). The molecule has 180 valence electrons. The third-order valence-electron chi connectivity index (χ3n) is 5.79. The van der Waals surface area contributed by atoms with Crippen molar-refractivity contribution in [3.05, 3.63) is 35.9 Å². The minimum atomic E-state index is -0.392. The van der Waals surface area contributed by atoms with Crippen LogP contribution in [0.5, 0.6) is 17.2 Å². The van der Waals surface area contributed by atoms with E-state index in [1.54, 1.807) is 24.3 Å². The number of anilines is 2. The zero-order valence-corrected chi connectivity index (χ0v) is 20.2. The van der Waals surface area contributed by atoms with Crippen molar-refractivity contribution in [2.24, 2.45) is 0 Å². The van der Waals surface area contributed by atoms with Crippen LogP contribution in [-0.4, -0.2) is 69.3 Å². The number of nitrogens with zero attached hydrogens (tertiary/aromatic N) is 2. The number of hydrogen-bond acceptors (Lipinski definition) is 7. The first-order chi connectivity index (χ1) is 16.4. The number of amides is 3. The van der Waals surface area contributed by atoms with Gasteiger partial charge in [-0.25, -0.2) is 0 Å². The minimum Gasteiger partial charge on any atom is -0.493 e. The van der Waals surface area contributed by atoms with Gasteiger partial charge in [-0.05, 0) is 31.0 Å². The van der Waals surface area contributed by atoms with Gasteiger partial charge in [-0.2, -0.15) is 0 Å². The van der Waals surface area contributed by atoms with E-state index in [1.807, 2.05) is 11.0 Å². The van der Waals surface area contributed by atoms with Crippen LogP contribution in [0.4, 0.5) is 11.4 Å². The highest BCUT2D eigenvalue weighted by molar-refractivity contribution is 8.00. The molecule has 2 aliphatic heterocycles. The lowest BCUT2D eigenvalue weighted by molar-refractivity contribution is -0.120. The van der Waals surface area contributed by atoms with Crippen LogP contribution < -0.4 is 24.4 Å². The van der Waals surface area contributed by atoms with Crippen molar-refractivity contribution >= 4 is 40.9 Å². The van der Waals surface area contributed by atoms with Crippen LogP contribution in [0.3, 0.4) is 0 Å². The van der Waals surface area contributed by atoms with E-state index in [9.17, 15) is 14.4 Å². The minimum absolute atomic E-state index is 0.0508. The third-order valence-corrected chi connectivity index (χ3v) is 6.84. The predicted molar refractivity (Wildman–Crippen MR) is 129 cm³/mol. The summed E-state index contributed by atoms with van der Waals surface area (Å²) in [5.74, 6) is 0.806. The van der Waals surface area contributed by atoms with E-state index in [2.05, 4.69) is 5.32 Å². The number of ether oxygens (including phenoxy) is 3.